The van der Waals surface area contributed by atoms with E-state index in [4.69, 9.17) is 4.98 Å². The Labute approximate surface area is 175 Å². The van der Waals surface area contributed by atoms with Gasteiger partial charge in [-0.2, -0.15) is 5.10 Å². The molecule has 4 rings (SSSR count). The number of carbonyl (C=O) groups is 1. The van der Waals surface area contributed by atoms with Gasteiger partial charge in [0.2, 0.25) is 0 Å². The van der Waals surface area contributed by atoms with Gasteiger partial charge in [-0.25, -0.2) is 14.6 Å². The van der Waals surface area contributed by atoms with Gasteiger partial charge >= 0.3 is 0 Å². The molecule has 2 unspecified atom stereocenters. The predicted octanol–water partition coefficient (Wildman–Crippen LogP) is 4.28. The second-order valence-electron chi connectivity index (χ2n) is 7.72. The summed E-state index contributed by atoms with van der Waals surface area (Å²) in [7, 11) is 0. The predicted molar refractivity (Wildman–Crippen MR) is 117 cm³/mol. The number of carbonyl (C=O) groups excluding carboxylic acids is 1. The number of benzene rings is 1. The SMILES string of the molecule is CCC(C)C(NC(=O)c1ccc(-n2nc(C)cc2C)nc1)c1nc2ccccc2[nH]1. The number of fused-ring (bicyclic) bond motifs is 1. The molecule has 1 aromatic carbocycles. The molecular formula is C23H26N6O. The molecule has 0 aliphatic carbocycles. The van der Waals surface area contributed by atoms with Crippen LogP contribution in [0.2, 0.25) is 0 Å². The molecule has 3 heterocycles. The summed E-state index contributed by atoms with van der Waals surface area (Å²) in [4.78, 5) is 25.5. The largest absolute Gasteiger partial charge is 0.342 e. The van der Waals surface area contributed by atoms with Crippen LogP contribution < -0.4 is 5.32 Å². The monoisotopic (exact) mass is 402 g/mol. The Morgan fingerprint density at radius 2 is 2.00 bits per heavy atom. The van der Waals surface area contributed by atoms with E-state index >= 15 is 0 Å². The molecule has 4 aromatic rings. The summed E-state index contributed by atoms with van der Waals surface area (Å²) in [5, 5.41) is 7.58. The van der Waals surface area contributed by atoms with Crippen LogP contribution in [0, 0.1) is 19.8 Å². The van der Waals surface area contributed by atoms with E-state index in [-0.39, 0.29) is 17.9 Å². The third kappa shape index (κ3) is 3.83. The van der Waals surface area contributed by atoms with Crippen LogP contribution in [-0.2, 0) is 0 Å². The van der Waals surface area contributed by atoms with Crippen molar-refractivity contribution in [3.63, 3.8) is 0 Å². The number of aryl methyl sites for hydroxylation is 2. The van der Waals surface area contributed by atoms with Crippen LogP contribution in [0.15, 0.2) is 48.7 Å². The summed E-state index contributed by atoms with van der Waals surface area (Å²) in [6, 6.07) is 13.2. The quantitative estimate of drug-likeness (QED) is 0.504. The fourth-order valence-corrected chi connectivity index (χ4v) is 3.57. The van der Waals surface area contributed by atoms with Crippen LogP contribution in [0.25, 0.3) is 16.9 Å². The summed E-state index contributed by atoms with van der Waals surface area (Å²) in [6.07, 6.45) is 2.50. The lowest BCUT2D eigenvalue weighted by Gasteiger charge is -2.22. The number of pyridine rings is 1. The molecule has 0 saturated heterocycles. The van der Waals surface area contributed by atoms with Crippen LogP contribution in [0.1, 0.15) is 53.9 Å². The molecule has 0 aliphatic heterocycles. The topological polar surface area (TPSA) is 88.5 Å². The Kier molecular flexibility index (Phi) is 5.35. The number of aromatic amines is 1. The maximum Gasteiger partial charge on any atom is 0.253 e. The third-order valence-electron chi connectivity index (χ3n) is 5.44. The number of H-pyrrole nitrogens is 1. The highest BCUT2D eigenvalue weighted by Gasteiger charge is 2.24. The molecule has 2 atom stereocenters. The highest BCUT2D eigenvalue weighted by atomic mass is 16.1. The maximum absolute atomic E-state index is 13.0. The number of imidazole rings is 1. The number of hydrogen-bond donors (Lipinski definition) is 2. The van der Waals surface area contributed by atoms with Gasteiger partial charge in [0.1, 0.15) is 5.82 Å². The molecule has 0 bridgehead atoms. The van der Waals surface area contributed by atoms with Crippen LogP contribution in [-0.4, -0.2) is 30.6 Å². The molecule has 7 heteroatoms. The number of rotatable bonds is 6. The van der Waals surface area contributed by atoms with Gasteiger partial charge in [-0.3, -0.25) is 4.79 Å². The minimum atomic E-state index is -0.217. The van der Waals surface area contributed by atoms with Crippen molar-refractivity contribution in [1.82, 2.24) is 30.0 Å². The van der Waals surface area contributed by atoms with Crippen LogP contribution in [0.3, 0.4) is 0 Å². The summed E-state index contributed by atoms with van der Waals surface area (Å²) >= 11 is 0. The van der Waals surface area contributed by atoms with E-state index in [9.17, 15) is 4.79 Å². The van der Waals surface area contributed by atoms with E-state index < -0.39 is 0 Å². The fraction of sp³-hybridized carbons (Fsp3) is 0.304. The molecule has 3 aromatic heterocycles. The first-order valence-corrected chi connectivity index (χ1v) is 10.2. The summed E-state index contributed by atoms with van der Waals surface area (Å²) in [6.45, 7) is 8.14. The number of para-hydroxylation sites is 2. The summed E-state index contributed by atoms with van der Waals surface area (Å²) in [5.41, 5.74) is 4.29. The lowest BCUT2D eigenvalue weighted by atomic mass is 9.98. The zero-order chi connectivity index (χ0) is 21.3. The van der Waals surface area contributed by atoms with E-state index in [1.165, 1.54) is 0 Å². The third-order valence-corrected chi connectivity index (χ3v) is 5.44. The minimum Gasteiger partial charge on any atom is -0.342 e. The normalized spacial score (nSPS) is 13.3. The number of nitrogens with zero attached hydrogens (tertiary/aromatic N) is 4. The standard InChI is InChI=1S/C23H26N6O/c1-5-14(2)21(22-25-18-8-6-7-9-19(18)26-22)27-23(30)17-10-11-20(24-13-17)29-16(4)12-15(3)28-29/h6-14,21H,5H2,1-4H3,(H,25,26)(H,27,30). The lowest BCUT2D eigenvalue weighted by molar-refractivity contribution is 0.0920. The Morgan fingerprint density at radius 1 is 1.20 bits per heavy atom. The molecule has 0 aliphatic rings. The zero-order valence-electron chi connectivity index (χ0n) is 17.7. The van der Waals surface area contributed by atoms with Gasteiger partial charge < -0.3 is 10.3 Å². The zero-order valence-corrected chi connectivity index (χ0v) is 17.7. The maximum atomic E-state index is 13.0. The first kappa shape index (κ1) is 19.8. The van der Waals surface area contributed by atoms with Crippen molar-refractivity contribution in [1.29, 1.82) is 0 Å². The molecule has 1 amide bonds. The molecule has 2 N–H and O–H groups in total. The van der Waals surface area contributed by atoms with Crippen LogP contribution in [0.4, 0.5) is 0 Å². The average molecular weight is 403 g/mol. The molecule has 0 fully saturated rings. The first-order valence-electron chi connectivity index (χ1n) is 10.2. The molecule has 7 nitrogen and oxygen atoms in total. The van der Waals surface area contributed by atoms with Gasteiger partial charge in [0.15, 0.2) is 5.82 Å². The van der Waals surface area contributed by atoms with Crippen molar-refractivity contribution >= 4 is 16.9 Å². The van der Waals surface area contributed by atoms with E-state index in [1.54, 1.807) is 16.9 Å². The van der Waals surface area contributed by atoms with Crippen molar-refractivity contribution < 1.29 is 4.79 Å². The molecule has 0 spiro atoms. The van der Waals surface area contributed by atoms with Crippen molar-refractivity contribution in [2.24, 2.45) is 5.92 Å². The van der Waals surface area contributed by atoms with Crippen LogP contribution in [0.5, 0.6) is 0 Å². The van der Waals surface area contributed by atoms with Gasteiger partial charge in [-0.1, -0.05) is 32.4 Å². The number of aromatic nitrogens is 5. The lowest BCUT2D eigenvalue weighted by Crippen LogP contribution is -2.33. The van der Waals surface area contributed by atoms with Crippen molar-refractivity contribution in [2.45, 2.75) is 40.2 Å². The first-order chi connectivity index (χ1) is 14.5. The molecule has 0 radical (unpaired) electrons. The van der Waals surface area contributed by atoms with E-state index in [1.807, 2.05) is 50.2 Å². The molecular weight excluding hydrogens is 376 g/mol. The highest BCUT2D eigenvalue weighted by molar-refractivity contribution is 5.94. The van der Waals surface area contributed by atoms with Gasteiger partial charge in [-0.15, -0.1) is 0 Å². The smallest absolute Gasteiger partial charge is 0.253 e. The summed E-state index contributed by atoms with van der Waals surface area (Å²) in [5.74, 6) is 1.50. The Hall–Kier alpha value is -3.48. The minimum absolute atomic E-state index is 0.173. The molecule has 154 valence electrons. The second-order valence-corrected chi connectivity index (χ2v) is 7.72. The Morgan fingerprint density at radius 3 is 2.63 bits per heavy atom. The van der Waals surface area contributed by atoms with Gasteiger partial charge in [0.25, 0.3) is 5.91 Å². The van der Waals surface area contributed by atoms with Gasteiger partial charge in [0, 0.05) is 11.9 Å². The van der Waals surface area contributed by atoms with E-state index in [0.29, 0.717) is 11.4 Å². The van der Waals surface area contributed by atoms with E-state index in [2.05, 4.69) is 34.2 Å². The number of amides is 1. The van der Waals surface area contributed by atoms with Gasteiger partial charge in [0.05, 0.1) is 28.3 Å². The Bertz CT molecular complexity index is 1140. The number of hydrogen-bond acceptors (Lipinski definition) is 4. The second kappa shape index (κ2) is 8.10. The van der Waals surface area contributed by atoms with Crippen molar-refractivity contribution in [2.75, 3.05) is 0 Å². The highest BCUT2D eigenvalue weighted by Crippen LogP contribution is 2.25. The molecule has 30 heavy (non-hydrogen) atoms. The average Bonchev–Trinajstić information content (AvgIpc) is 3.33. The molecule has 0 saturated carbocycles. The van der Waals surface area contributed by atoms with E-state index in [0.717, 1.165) is 34.7 Å². The van der Waals surface area contributed by atoms with Gasteiger partial charge in [-0.05, 0) is 50.1 Å². The van der Waals surface area contributed by atoms with Crippen molar-refractivity contribution in [3.05, 3.63) is 71.4 Å². The van der Waals surface area contributed by atoms with Crippen LogP contribution >= 0.6 is 0 Å². The summed E-state index contributed by atoms with van der Waals surface area (Å²) < 4.78 is 1.77. The fourth-order valence-electron chi connectivity index (χ4n) is 3.57. The number of nitrogens with one attached hydrogen (secondary N) is 2. The Balaban J connectivity index is 1.57. The van der Waals surface area contributed by atoms with Crippen molar-refractivity contribution in [3.8, 4) is 5.82 Å².